The standard InChI is InChI=1S/C18H25N5O2/c1-22-9-7-19-16(22)10-14-4-3-8-23(13-14)18(24)21-12-15-5-6-17(25-2)20-11-15/h5-7,9,11,14H,3-4,8,10,12-13H2,1-2H3,(H,21,24)/t14-/m0/s1. The molecule has 0 bridgehead atoms. The first-order valence-corrected chi connectivity index (χ1v) is 8.63. The van der Waals surface area contributed by atoms with Crippen LogP contribution in [0.25, 0.3) is 0 Å². The Morgan fingerprint density at radius 3 is 2.96 bits per heavy atom. The zero-order valence-electron chi connectivity index (χ0n) is 14.8. The minimum absolute atomic E-state index is 0.0136. The van der Waals surface area contributed by atoms with Gasteiger partial charge in [-0.2, -0.15) is 0 Å². The molecule has 25 heavy (non-hydrogen) atoms. The first-order chi connectivity index (χ1) is 12.2. The van der Waals surface area contributed by atoms with Gasteiger partial charge in [-0.25, -0.2) is 14.8 Å². The maximum absolute atomic E-state index is 12.5. The number of ether oxygens (including phenoxy) is 1. The van der Waals surface area contributed by atoms with Crippen LogP contribution >= 0.6 is 0 Å². The molecule has 0 spiro atoms. The topological polar surface area (TPSA) is 72.3 Å². The van der Waals surface area contributed by atoms with E-state index in [-0.39, 0.29) is 6.03 Å². The molecule has 0 aromatic carbocycles. The van der Waals surface area contributed by atoms with Crippen LogP contribution < -0.4 is 10.1 Å². The molecule has 1 fully saturated rings. The van der Waals surface area contributed by atoms with E-state index < -0.39 is 0 Å². The highest BCUT2D eigenvalue weighted by molar-refractivity contribution is 5.74. The van der Waals surface area contributed by atoms with E-state index >= 15 is 0 Å². The van der Waals surface area contributed by atoms with Crippen molar-refractivity contribution in [1.82, 2.24) is 24.8 Å². The quantitative estimate of drug-likeness (QED) is 0.901. The predicted octanol–water partition coefficient (Wildman–Crippen LogP) is 1.99. The number of imidazole rings is 1. The van der Waals surface area contributed by atoms with Crippen LogP contribution in [-0.4, -0.2) is 45.7 Å². The maximum Gasteiger partial charge on any atom is 0.317 e. The Morgan fingerprint density at radius 1 is 1.40 bits per heavy atom. The van der Waals surface area contributed by atoms with E-state index in [9.17, 15) is 4.79 Å². The Labute approximate surface area is 148 Å². The second-order valence-electron chi connectivity index (χ2n) is 6.48. The first kappa shape index (κ1) is 17.3. The third-order valence-electron chi connectivity index (χ3n) is 4.65. The third-order valence-corrected chi connectivity index (χ3v) is 4.65. The van der Waals surface area contributed by atoms with Crippen LogP contribution in [0.4, 0.5) is 4.79 Å². The number of aromatic nitrogens is 3. The fourth-order valence-electron chi connectivity index (χ4n) is 3.19. The zero-order chi connectivity index (χ0) is 17.6. The van der Waals surface area contributed by atoms with Gasteiger partial charge in [0.15, 0.2) is 0 Å². The number of urea groups is 1. The number of pyridine rings is 1. The molecule has 0 unspecified atom stereocenters. The normalized spacial score (nSPS) is 17.4. The second-order valence-corrected chi connectivity index (χ2v) is 6.48. The highest BCUT2D eigenvalue weighted by atomic mass is 16.5. The van der Waals surface area contributed by atoms with E-state index in [0.717, 1.165) is 43.7 Å². The molecule has 2 amide bonds. The van der Waals surface area contributed by atoms with Gasteiger partial charge >= 0.3 is 6.03 Å². The number of nitrogens with zero attached hydrogens (tertiary/aromatic N) is 4. The fourth-order valence-corrected chi connectivity index (χ4v) is 3.19. The lowest BCUT2D eigenvalue weighted by atomic mass is 9.94. The van der Waals surface area contributed by atoms with Crippen LogP contribution in [0.15, 0.2) is 30.7 Å². The van der Waals surface area contributed by atoms with Crippen molar-refractivity contribution in [2.75, 3.05) is 20.2 Å². The summed E-state index contributed by atoms with van der Waals surface area (Å²) in [5, 5.41) is 2.98. The van der Waals surface area contributed by atoms with E-state index in [2.05, 4.69) is 19.9 Å². The molecule has 2 aromatic heterocycles. The predicted molar refractivity (Wildman–Crippen MR) is 94.2 cm³/mol. The maximum atomic E-state index is 12.5. The van der Waals surface area contributed by atoms with E-state index in [0.29, 0.717) is 18.3 Å². The summed E-state index contributed by atoms with van der Waals surface area (Å²) in [6.45, 7) is 2.06. The highest BCUT2D eigenvalue weighted by Crippen LogP contribution is 2.20. The summed E-state index contributed by atoms with van der Waals surface area (Å²) >= 11 is 0. The lowest BCUT2D eigenvalue weighted by Crippen LogP contribution is -2.45. The third kappa shape index (κ3) is 4.49. The lowest BCUT2D eigenvalue weighted by Gasteiger charge is -2.32. The SMILES string of the molecule is COc1ccc(CNC(=O)N2CCC[C@@H](Cc3nccn3C)C2)cn1. The molecule has 2 aromatic rings. The molecule has 1 saturated heterocycles. The fraction of sp³-hybridized carbons (Fsp3) is 0.500. The van der Waals surface area contributed by atoms with E-state index in [4.69, 9.17) is 4.74 Å². The molecule has 1 atom stereocenters. The molecule has 0 aliphatic carbocycles. The molecule has 0 radical (unpaired) electrons. The molecular weight excluding hydrogens is 318 g/mol. The van der Waals surface area contributed by atoms with Crippen molar-refractivity contribution < 1.29 is 9.53 Å². The number of hydrogen-bond donors (Lipinski definition) is 1. The van der Waals surface area contributed by atoms with Gasteiger partial charge in [-0.1, -0.05) is 6.07 Å². The monoisotopic (exact) mass is 343 g/mol. The number of hydrogen-bond acceptors (Lipinski definition) is 4. The van der Waals surface area contributed by atoms with Gasteiger partial charge in [0.2, 0.25) is 5.88 Å². The van der Waals surface area contributed by atoms with Crippen molar-refractivity contribution >= 4 is 6.03 Å². The molecule has 3 heterocycles. The first-order valence-electron chi connectivity index (χ1n) is 8.63. The van der Waals surface area contributed by atoms with Gasteiger partial charge in [0, 0.05) is 57.8 Å². The van der Waals surface area contributed by atoms with Crippen LogP contribution in [-0.2, 0) is 20.0 Å². The van der Waals surface area contributed by atoms with Crippen molar-refractivity contribution in [3.05, 3.63) is 42.1 Å². The van der Waals surface area contributed by atoms with E-state index in [1.807, 2.05) is 30.4 Å². The molecule has 1 aliphatic heterocycles. The van der Waals surface area contributed by atoms with Crippen molar-refractivity contribution in [2.24, 2.45) is 13.0 Å². The summed E-state index contributed by atoms with van der Waals surface area (Å²) in [7, 11) is 3.60. The smallest absolute Gasteiger partial charge is 0.317 e. The Kier molecular flexibility index (Phi) is 5.53. The summed E-state index contributed by atoms with van der Waals surface area (Å²) in [4.78, 5) is 22.9. The summed E-state index contributed by atoms with van der Waals surface area (Å²) in [6.07, 6.45) is 8.59. The van der Waals surface area contributed by atoms with Crippen LogP contribution in [0.2, 0.25) is 0 Å². The zero-order valence-corrected chi connectivity index (χ0v) is 14.8. The number of carbonyl (C=O) groups is 1. The number of nitrogens with one attached hydrogen (secondary N) is 1. The molecular formula is C18H25N5O2. The molecule has 3 rings (SSSR count). The molecule has 7 nitrogen and oxygen atoms in total. The summed E-state index contributed by atoms with van der Waals surface area (Å²) in [5.41, 5.74) is 0.954. The number of likely N-dealkylation sites (tertiary alicyclic amines) is 1. The molecule has 0 saturated carbocycles. The van der Waals surface area contributed by atoms with Crippen molar-refractivity contribution in [2.45, 2.75) is 25.8 Å². The van der Waals surface area contributed by atoms with Gasteiger partial charge < -0.3 is 19.5 Å². The van der Waals surface area contributed by atoms with Crippen molar-refractivity contribution in [1.29, 1.82) is 0 Å². The summed E-state index contributed by atoms with van der Waals surface area (Å²) < 4.78 is 7.09. The van der Waals surface area contributed by atoms with Crippen LogP contribution in [0, 0.1) is 5.92 Å². The van der Waals surface area contributed by atoms with Gasteiger partial charge in [0.05, 0.1) is 7.11 Å². The number of methoxy groups -OCH3 is 1. The largest absolute Gasteiger partial charge is 0.481 e. The summed E-state index contributed by atoms with van der Waals surface area (Å²) in [6, 6.07) is 3.69. The Balaban J connectivity index is 1.50. The van der Waals surface area contributed by atoms with Crippen LogP contribution in [0.5, 0.6) is 5.88 Å². The Morgan fingerprint density at radius 2 is 2.28 bits per heavy atom. The number of aryl methyl sites for hydroxylation is 1. The van der Waals surface area contributed by atoms with Gasteiger partial charge in [-0.15, -0.1) is 0 Å². The van der Waals surface area contributed by atoms with Gasteiger partial charge in [0.1, 0.15) is 5.82 Å². The van der Waals surface area contributed by atoms with Crippen molar-refractivity contribution in [3.63, 3.8) is 0 Å². The molecule has 7 heteroatoms. The van der Waals surface area contributed by atoms with Gasteiger partial charge in [0.25, 0.3) is 0 Å². The van der Waals surface area contributed by atoms with Crippen molar-refractivity contribution in [3.8, 4) is 5.88 Å². The summed E-state index contributed by atoms with van der Waals surface area (Å²) in [5.74, 6) is 2.11. The minimum atomic E-state index is -0.0136. The van der Waals surface area contributed by atoms with Gasteiger partial charge in [-0.3, -0.25) is 0 Å². The average molecular weight is 343 g/mol. The Bertz CT molecular complexity index is 698. The molecule has 134 valence electrons. The number of piperidine rings is 1. The average Bonchev–Trinajstić information content (AvgIpc) is 3.05. The number of rotatable bonds is 5. The van der Waals surface area contributed by atoms with E-state index in [1.165, 1.54) is 0 Å². The lowest BCUT2D eigenvalue weighted by molar-refractivity contribution is 0.164. The molecule has 1 aliphatic rings. The molecule has 1 N–H and O–H groups in total. The second kappa shape index (κ2) is 8.00. The van der Waals surface area contributed by atoms with Gasteiger partial charge in [-0.05, 0) is 24.3 Å². The number of amides is 2. The number of carbonyl (C=O) groups excluding carboxylic acids is 1. The Hall–Kier alpha value is -2.57. The van der Waals surface area contributed by atoms with Crippen LogP contribution in [0.1, 0.15) is 24.2 Å². The van der Waals surface area contributed by atoms with Crippen LogP contribution in [0.3, 0.4) is 0 Å². The van der Waals surface area contributed by atoms with E-state index in [1.54, 1.807) is 19.4 Å². The minimum Gasteiger partial charge on any atom is -0.481 e. The highest BCUT2D eigenvalue weighted by Gasteiger charge is 2.24.